The molecule has 0 unspecified atom stereocenters. The zero-order valence-electron chi connectivity index (χ0n) is 5.53. The van der Waals surface area contributed by atoms with Gasteiger partial charge in [0.15, 0.2) is 0 Å². The van der Waals surface area contributed by atoms with Crippen LogP contribution in [0, 0.1) is 0 Å². The van der Waals surface area contributed by atoms with E-state index in [9.17, 15) is 0 Å². The van der Waals surface area contributed by atoms with Gasteiger partial charge in [-0.2, -0.15) is 25.3 Å². The molecule has 0 atom stereocenters. The molecule has 0 bridgehead atoms. The Bertz CT molecular complexity index is 167. The Hall–Kier alpha value is 0.400. The Labute approximate surface area is 76.5 Å². The van der Waals surface area contributed by atoms with Crippen molar-refractivity contribution in [1.29, 1.82) is 0 Å². The molecule has 10 heavy (non-hydrogen) atoms. The van der Waals surface area contributed by atoms with Gasteiger partial charge in [0.05, 0.1) is 0 Å². The fourth-order valence-electron chi connectivity index (χ4n) is 0.726. The minimum Gasteiger partial charge on any atom is -0.165 e. The van der Waals surface area contributed by atoms with Crippen LogP contribution in [0.15, 0.2) is 17.5 Å². The Balaban J connectivity index is 2.28. The monoisotopic (exact) mass is 190 g/mol. The van der Waals surface area contributed by atoms with E-state index in [1.54, 1.807) is 11.3 Å². The van der Waals surface area contributed by atoms with E-state index in [2.05, 4.69) is 42.8 Å². The van der Waals surface area contributed by atoms with Crippen LogP contribution in [0.25, 0.3) is 0 Å². The summed E-state index contributed by atoms with van der Waals surface area (Å²) < 4.78 is 0.224. The molecule has 0 aliphatic rings. The molecule has 0 saturated carbocycles. The van der Waals surface area contributed by atoms with Gasteiger partial charge in [-0.15, -0.1) is 11.3 Å². The maximum absolute atomic E-state index is 4.18. The molecule has 0 aromatic carbocycles. The van der Waals surface area contributed by atoms with Gasteiger partial charge in [0, 0.05) is 9.46 Å². The molecular weight excluding hydrogens is 180 g/mol. The molecule has 3 heteroatoms. The van der Waals surface area contributed by atoms with Crippen LogP contribution >= 0.6 is 36.6 Å². The second kappa shape index (κ2) is 4.31. The first-order valence-electron chi connectivity index (χ1n) is 3.17. The van der Waals surface area contributed by atoms with Gasteiger partial charge in [-0.1, -0.05) is 6.07 Å². The van der Waals surface area contributed by atoms with Crippen molar-refractivity contribution >= 4 is 36.6 Å². The SMILES string of the molecule is SC(S)CCc1cccs1. The maximum Gasteiger partial charge on any atom is 0.0445 e. The molecule has 0 nitrogen and oxygen atoms in total. The average molecular weight is 190 g/mol. The van der Waals surface area contributed by atoms with Crippen molar-refractivity contribution in [3.05, 3.63) is 22.4 Å². The first-order chi connectivity index (χ1) is 4.79. The molecule has 1 rings (SSSR count). The van der Waals surface area contributed by atoms with E-state index in [1.165, 1.54) is 4.88 Å². The summed E-state index contributed by atoms with van der Waals surface area (Å²) in [5, 5.41) is 2.10. The number of thiol groups is 2. The van der Waals surface area contributed by atoms with E-state index in [4.69, 9.17) is 0 Å². The van der Waals surface area contributed by atoms with Crippen molar-refractivity contribution in [2.75, 3.05) is 0 Å². The first-order valence-corrected chi connectivity index (χ1v) is 5.09. The predicted molar refractivity (Wildman–Crippen MR) is 54.4 cm³/mol. The molecular formula is C7H10S3. The molecule has 0 aliphatic carbocycles. The molecule has 0 radical (unpaired) electrons. The fraction of sp³-hybridized carbons (Fsp3) is 0.429. The third kappa shape index (κ3) is 2.99. The molecule has 0 amide bonds. The van der Waals surface area contributed by atoms with Crippen molar-refractivity contribution < 1.29 is 0 Å². The lowest BCUT2D eigenvalue weighted by molar-refractivity contribution is 0.928. The van der Waals surface area contributed by atoms with Gasteiger partial charge in [-0.3, -0.25) is 0 Å². The predicted octanol–water partition coefficient (Wildman–Crippen LogP) is 2.87. The maximum atomic E-state index is 4.18. The highest BCUT2D eigenvalue weighted by atomic mass is 32.2. The highest BCUT2D eigenvalue weighted by Gasteiger charge is 1.97. The van der Waals surface area contributed by atoms with E-state index in [-0.39, 0.29) is 4.58 Å². The topological polar surface area (TPSA) is 0 Å². The highest BCUT2D eigenvalue weighted by molar-refractivity contribution is 7.99. The fourth-order valence-corrected chi connectivity index (χ4v) is 1.71. The molecule has 0 N–H and O–H groups in total. The second-order valence-electron chi connectivity index (χ2n) is 2.10. The Morgan fingerprint density at radius 2 is 2.30 bits per heavy atom. The minimum absolute atomic E-state index is 0.224. The summed E-state index contributed by atoms with van der Waals surface area (Å²) in [6, 6.07) is 4.22. The van der Waals surface area contributed by atoms with E-state index >= 15 is 0 Å². The molecule has 0 aliphatic heterocycles. The van der Waals surface area contributed by atoms with Crippen LogP contribution in [0.3, 0.4) is 0 Å². The molecule has 0 fully saturated rings. The van der Waals surface area contributed by atoms with Crippen LogP contribution in [0.4, 0.5) is 0 Å². The average Bonchev–Trinajstić information content (AvgIpc) is 2.34. The molecule has 0 spiro atoms. The quantitative estimate of drug-likeness (QED) is 0.531. The summed E-state index contributed by atoms with van der Waals surface area (Å²) in [5.74, 6) is 0. The first kappa shape index (κ1) is 8.50. The molecule has 1 aromatic rings. The second-order valence-corrected chi connectivity index (χ2v) is 4.78. The van der Waals surface area contributed by atoms with Gasteiger partial charge in [-0.25, -0.2) is 0 Å². The van der Waals surface area contributed by atoms with E-state index in [0.717, 1.165) is 12.8 Å². The summed E-state index contributed by atoms with van der Waals surface area (Å²) >= 11 is 10.2. The standard InChI is InChI=1S/C7H10S3/c8-7(9)4-3-6-2-1-5-10-6/h1-2,5,7-9H,3-4H2. The number of hydrogen-bond acceptors (Lipinski definition) is 3. The van der Waals surface area contributed by atoms with Crippen LogP contribution in [-0.2, 0) is 6.42 Å². The van der Waals surface area contributed by atoms with Crippen molar-refractivity contribution in [1.82, 2.24) is 0 Å². The molecule has 0 saturated heterocycles. The Kier molecular flexibility index (Phi) is 3.66. The lowest BCUT2D eigenvalue weighted by Crippen LogP contribution is -1.89. The van der Waals surface area contributed by atoms with Gasteiger partial charge in [0.1, 0.15) is 0 Å². The lowest BCUT2D eigenvalue weighted by Gasteiger charge is -1.99. The Morgan fingerprint density at radius 3 is 2.80 bits per heavy atom. The van der Waals surface area contributed by atoms with Crippen LogP contribution < -0.4 is 0 Å². The number of thiophene rings is 1. The third-order valence-corrected chi connectivity index (χ3v) is 2.68. The van der Waals surface area contributed by atoms with E-state index in [1.807, 2.05) is 0 Å². The van der Waals surface area contributed by atoms with Gasteiger partial charge in [-0.05, 0) is 24.3 Å². The number of aryl methyl sites for hydroxylation is 1. The summed E-state index contributed by atoms with van der Waals surface area (Å²) in [7, 11) is 0. The van der Waals surface area contributed by atoms with Crippen LogP contribution in [-0.4, -0.2) is 4.58 Å². The summed E-state index contributed by atoms with van der Waals surface area (Å²) in [6.07, 6.45) is 2.15. The smallest absolute Gasteiger partial charge is 0.0445 e. The van der Waals surface area contributed by atoms with Gasteiger partial charge >= 0.3 is 0 Å². The molecule has 1 heterocycles. The number of rotatable bonds is 3. The van der Waals surface area contributed by atoms with Crippen molar-refractivity contribution in [3.8, 4) is 0 Å². The molecule has 56 valence electrons. The van der Waals surface area contributed by atoms with Gasteiger partial charge in [0.2, 0.25) is 0 Å². The van der Waals surface area contributed by atoms with Crippen LogP contribution in [0.1, 0.15) is 11.3 Å². The summed E-state index contributed by atoms with van der Waals surface area (Å²) in [6.45, 7) is 0. The third-order valence-electron chi connectivity index (χ3n) is 1.23. The largest absolute Gasteiger partial charge is 0.165 e. The van der Waals surface area contributed by atoms with Crippen LogP contribution in [0.2, 0.25) is 0 Å². The molecule has 1 aromatic heterocycles. The lowest BCUT2D eigenvalue weighted by atomic mass is 10.3. The summed E-state index contributed by atoms with van der Waals surface area (Å²) in [4.78, 5) is 1.42. The van der Waals surface area contributed by atoms with Crippen molar-refractivity contribution in [3.63, 3.8) is 0 Å². The van der Waals surface area contributed by atoms with Crippen molar-refractivity contribution in [2.24, 2.45) is 0 Å². The zero-order valence-corrected chi connectivity index (χ0v) is 8.13. The highest BCUT2D eigenvalue weighted by Crippen LogP contribution is 2.15. The van der Waals surface area contributed by atoms with E-state index < -0.39 is 0 Å². The van der Waals surface area contributed by atoms with Crippen molar-refractivity contribution in [2.45, 2.75) is 17.4 Å². The van der Waals surface area contributed by atoms with Gasteiger partial charge < -0.3 is 0 Å². The summed E-state index contributed by atoms with van der Waals surface area (Å²) in [5.41, 5.74) is 0. The Morgan fingerprint density at radius 1 is 1.50 bits per heavy atom. The number of hydrogen-bond donors (Lipinski definition) is 2. The van der Waals surface area contributed by atoms with Gasteiger partial charge in [0.25, 0.3) is 0 Å². The van der Waals surface area contributed by atoms with E-state index in [0.29, 0.717) is 0 Å². The normalized spacial score (nSPS) is 10.7. The minimum atomic E-state index is 0.224. The van der Waals surface area contributed by atoms with Crippen LogP contribution in [0.5, 0.6) is 0 Å². The zero-order chi connectivity index (χ0) is 7.40.